The number of rotatable bonds is 8. The van der Waals surface area contributed by atoms with Gasteiger partial charge in [-0.25, -0.2) is 5.43 Å². The number of halogens is 2. The van der Waals surface area contributed by atoms with Gasteiger partial charge in [0.05, 0.1) is 27.2 Å². The highest BCUT2D eigenvalue weighted by Crippen LogP contribution is 2.34. The number of amides is 1. The number of carbonyl (C=O) groups excluding carboxylic acids is 1. The summed E-state index contributed by atoms with van der Waals surface area (Å²) < 4.78 is 10.9. The number of nitrogens with one attached hydrogen (secondary N) is 1. The van der Waals surface area contributed by atoms with Crippen LogP contribution in [0.15, 0.2) is 39.9 Å². The molecule has 1 amide bonds. The number of phenolic OH excluding ortho intramolecular Hbond substituents is 1. The highest BCUT2D eigenvalue weighted by Gasteiger charge is 2.11. The summed E-state index contributed by atoms with van der Waals surface area (Å²) in [6.45, 7) is 1.75. The third-order valence-electron chi connectivity index (χ3n) is 3.24. The van der Waals surface area contributed by atoms with E-state index in [1.807, 2.05) is 0 Å². The second-order valence-electron chi connectivity index (χ2n) is 5.24. The fraction of sp³-hybridized carbons (Fsp3) is 0.176. The summed E-state index contributed by atoms with van der Waals surface area (Å²) in [6, 6.07) is 6.90. The van der Waals surface area contributed by atoms with Gasteiger partial charge >= 0.3 is 0 Å². The fourth-order valence-electron chi connectivity index (χ4n) is 2.01. The maximum Gasteiger partial charge on any atom is 0.277 e. The molecule has 0 aromatic heterocycles. The Kier molecular flexibility index (Phi) is 7.59. The molecule has 0 saturated carbocycles. The molecule has 0 unspecified atom stereocenters. The van der Waals surface area contributed by atoms with Crippen LogP contribution in [0.2, 0.25) is 5.02 Å². The minimum absolute atomic E-state index is 0.0880. The van der Waals surface area contributed by atoms with Crippen molar-refractivity contribution < 1.29 is 24.3 Å². The van der Waals surface area contributed by atoms with E-state index >= 15 is 0 Å². The van der Waals surface area contributed by atoms with Gasteiger partial charge in [0.1, 0.15) is 5.75 Å². The van der Waals surface area contributed by atoms with Crippen LogP contribution in [-0.4, -0.2) is 35.4 Å². The lowest BCUT2D eigenvalue weighted by Gasteiger charge is -2.08. The molecule has 2 aromatic carbocycles. The quantitative estimate of drug-likeness (QED) is 0.343. The molecule has 2 aromatic rings. The van der Waals surface area contributed by atoms with Gasteiger partial charge in [-0.15, -0.1) is 0 Å². The number of carbonyl (C=O) groups is 1. The first kappa shape index (κ1) is 21.5. The Hall–Kier alpha value is -2.85. The molecule has 0 atom stereocenters. The monoisotopic (exact) mass is 471 g/mol. The Morgan fingerprint density at radius 2 is 2.11 bits per heavy atom. The Labute approximate surface area is 173 Å². The zero-order valence-corrected chi connectivity index (χ0v) is 16.9. The molecule has 0 bridgehead atoms. The van der Waals surface area contributed by atoms with Crippen LogP contribution in [-0.2, 0) is 4.79 Å². The van der Waals surface area contributed by atoms with Gasteiger partial charge in [0.25, 0.3) is 11.6 Å². The largest absolute Gasteiger partial charge is 0.503 e. The van der Waals surface area contributed by atoms with Gasteiger partial charge < -0.3 is 14.6 Å². The zero-order valence-electron chi connectivity index (χ0n) is 14.5. The predicted molar refractivity (Wildman–Crippen MR) is 106 cm³/mol. The second kappa shape index (κ2) is 9.90. The van der Waals surface area contributed by atoms with E-state index in [9.17, 15) is 20.0 Å². The van der Waals surface area contributed by atoms with Crippen LogP contribution in [0.4, 0.5) is 5.69 Å². The molecule has 0 spiro atoms. The molecule has 0 fully saturated rings. The van der Waals surface area contributed by atoms with Gasteiger partial charge in [-0.3, -0.25) is 14.9 Å². The molecule has 0 aliphatic heterocycles. The van der Waals surface area contributed by atoms with E-state index < -0.39 is 10.8 Å². The average molecular weight is 473 g/mol. The molecule has 9 nitrogen and oxygen atoms in total. The lowest BCUT2D eigenvalue weighted by atomic mass is 10.2. The van der Waals surface area contributed by atoms with Crippen molar-refractivity contribution >= 4 is 45.3 Å². The van der Waals surface area contributed by atoms with Crippen molar-refractivity contribution in [2.45, 2.75) is 6.92 Å². The van der Waals surface area contributed by atoms with Crippen LogP contribution in [0.3, 0.4) is 0 Å². The molecule has 2 N–H and O–H groups in total. The summed E-state index contributed by atoms with van der Waals surface area (Å²) in [5.41, 5.74) is 2.67. The van der Waals surface area contributed by atoms with Crippen molar-refractivity contribution in [3.63, 3.8) is 0 Å². The molecule has 11 heteroatoms. The molecule has 0 saturated heterocycles. The van der Waals surface area contributed by atoms with Gasteiger partial charge in [0, 0.05) is 12.1 Å². The number of benzene rings is 2. The fourth-order valence-corrected chi connectivity index (χ4v) is 2.71. The number of hydrazone groups is 1. The number of phenols is 1. The van der Waals surface area contributed by atoms with Crippen molar-refractivity contribution in [3.8, 4) is 17.2 Å². The maximum atomic E-state index is 11.8. The Bertz CT molecular complexity index is 922. The van der Waals surface area contributed by atoms with Gasteiger partial charge in [-0.1, -0.05) is 11.6 Å². The molecule has 2 rings (SSSR count). The number of nitro benzene ring substituents is 1. The van der Waals surface area contributed by atoms with Crippen LogP contribution in [0.25, 0.3) is 0 Å². The van der Waals surface area contributed by atoms with Crippen molar-refractivity contribution in [1.29, 1.82) is 0 Å². The Morgan fingerprint density at radius 3 is 2.75 bits per heavy atom. The molecular formula is C17H15BrClN3O6. The smallest absolute Gasteiger partial charge is 0.277 e. The maximum absolute atomic E-state index is 11.8. The number of aromatic hydroxyl groups is 1. The SMILES string of the molecule is CCOc1cc(/C=N\NC(=O)COc2ccc([N+](=O)[O-])cc2Br)cc(Cl)c1O. The van der Waals surface area contributed by atoms with E-state index in [1.165, 1.54) is 36.5 Å². The molecule has 28 heavy (non-hydrogen) atoms. The first-order chi connectivity index (χ1) is 13.3. The molecular weight excluding hydrogens is 458 g/mol. The summed E-state index contributed by atoms with van der Waals surface area (Å²) in [5.74, 6) is -0.242. The van der Waals surface area contributed by atoms with E-state index in [1.54, 1.807) is 6.92 Å². The van der Waals surface area contributed by atoms with Gasteiger partial charge in [-0.2, -0.15) is 5.10 Å². The van der Waals surface area contributed by atoms with Crippen LogP contribution < -0.4 is 14.9 Å². The highest BCUT2D eigenvalue weighted by atomic mass is 79.9. The van der Waals surface area contributed by atoms with Gasteiger partial charge in [0.2, 0.25) is 0 Å². The zero-order chi connectivity index (χ0) is 20.7. The second-order valence-corrected chi connectivity index (χ2v) is 6.50. The lowest BCUT2D eigenvalue weighted by Crippen LogP contribution is -2.24. The van der Waals surface area contributed by atoms with Crippen molar-refractivity contribution in [3.05, 3.63) is 55.5 Å². The van der Waals surface area contributed by atoms with E-state index in [4.69, 9.17) is 21.1 Å². The topological polar surface area (TPSA) is 123 Å². The summed E-state index contributed by atoms with van der Waals surface area (Å²) in [6.07, 6.45) is 1.33. The van der Waals surface area contributed by atoms with Crippen molar-refractivity contribution in [2.24, 2.45) is 5.10 Å². The number of ether oxygens (including phenoxy) is 2. The molecule has 0 radical (unpaired) electrons. The van der Waals surface area contributed by atoms with Crippen LogP contribution in [0, 0.1) is 10.1 Å². The minimum atomic E-state index is -0.545. The summed E-state index contributed by atoms with van der Waals surface area (Å²) in [7, 11) is 0. The van der Waals surface area contributed by atoms with Gasteiger partial charge in [-0.05, 0) is 46.6 Å². The Balaban J connectivity index is 1.93. The van der Waals surface area contributed by atoms with E-state index in [-0.39, 0.29) is 34.6 Å². The Morgan fingerprint density at radius 1 is 1.36 bits per heavy atom. The van der Waals surface area contributed by atoms with Crippen LogP contribution in [0.1, 0.15) is 12.5 Å². The molecule has 0 heterocycles. The first-order valence-electron chi connectivity index (χ1n) is 7.85. The van der Waals surface area contributed by atoms with Crippen molar-refractivity contribution in [1.82, 2.24) is 5.43 Å². The molecule has 148 valence electrons. The minimum Gasteiger partial charge on any atom is -0.503 e. The third-order valence-corrected chi connectivity index (χ3v) is 4.15. The molecule has 0 aliphatic rings. The average Bonchev–Trinajstić information content (AvgIpc) is 2.64. The number of nitro groups is 1. The number of non-ortho nitro benzene ring substituents is 1. The van der Waals surface area contributed by atoms with Crippen LogP contribution in [0.5, 0.6) is 17.2 Å². The number of hydrogen-bond acceptors (Lipinski definition) is 7. The van der Waals surface area contributed by atoms with Crippen LogP contribution >= 0.6 is 27.5 Å². The molecule has 0 aliphatic carbocycles. The first-order valence-corrected chi connectivity index (χ1v) is 9.02. The normalized spacial score (nSPS) is 10.7. The summed E-state index contributed by atoms with van der Waals surface area (Å²) >= 11 is 9.06. The predicted octanol–water partition coefficient (Wildman–Crippen LogP) is 3.64. The number of hydrogen-bond donors (Lipinski definition) is 2. The third kappa shape index (κ3) is 5.83. The van der Waals surface area contributed by atoms with E-state index in [2.05, 4.69) is 26.5 Å². The number of nitrogens with zero attached hydrogens (tertiary/aromatic N) is 2. The summed E-state index contributed by atoms with van der Waals surface area (Å²) in [5, 5.41) is 24.4. The standard InChI is InChI=1S/C17H15BrClN3O6/c1-2-27-15-6-10(5-13(19)17(15)24)8-20-21-16(23)9-28-14-4-3-11(22(25)26)7-12(14)18/h3-8,24H,2,9H2,1H3,(H,21,23)/b20-8-. The highest BCUT2D eigenvalue weighted by molar-refractivity contribution is 9.10. The van der Waals surface area contributed by atoms with Gasteiger partial charge in [0.15, 0.2) is 18.1 Å². The van der Waals surface area contributed by atoms with E-state index in [0.29, 0.717) is 16.6 Å². The van der Waals surface area contributed by atoms with Crippen molar-refractivity contribution in [2.75, 3.05) is 13.2 Å². The lowest BCUT2D eigenvalue weighted by molar-refractivity contribution is -0.384. The summed E-state index contributed by atoms with van der Waals surface area (Å²) in [4.78, 5) is 22.0. The van der Waals surface area contributed by atoms with E-state index in [0.717, 1.165) is 0 Å².